The molecule has 1 aromatic heterocycles. The van der Waals surface area contributed by atoms with Gasteiger partial charge in [0.2, 0.25) is 15.9 Å². The minimum atomic E-state index is -3.69. The van der Waals surface area contributed by atoms with Gasteiger partial charge in [-0.3, -0.25) is 14.3 Å². The zero-order chi connectivity index (χ0) is 24.9. The van der Waals surface area contributed by atoms with Crippen LogP contribution in [0.1, 0.15) is 56.9 Å². The smallest absolute Gasteiger partial charge is 0.251 e. The molecular formula is C24H35N5O4S. The van der Waals surface area contributed by atoms with Crippen molar-refractivity contribution in [3.05, 3.63) is 48.3 Å². The van der Waals surface area contributed by atoms with Gasteiger partial charge in [-0.15, -0.1) is 0 Å². The van der Waals surface area contributed by atoms with Crippen molar-refractivity contribution >= 4 is 21.8 Å². The molecule has 2 amide bonds. The van der Waals surface area contributed by atoms with Gasteiger partial charge in [-0.2, -0.15) is 9.40 Å². The van der Waals surface area contributed by atoms with E-state index in [2.05, 4.69) is 10.4 Å². The first-order chi connectivity index (χ1) is 16.2. The third-order valence-corrected chi connectivity index (χ3v) is 8.38. The standard InChI is InChI=1S/C24H35N5O4S/c1-5-28(6-2)34(32,33)21-10-7-9-19(17-21)23(30)26-22(18(3)4)24(31)27-15-11-20(12-16-27)29-14-8-13-25-29/h7-10,13-14,17-18,20,22H,5-6,11-12,15-16H2,1-4H3,(H,26,30)/t22-/m1/s1. The van der Waals surface area contributed by atoms with Crippen LogP contribution in [0.2, 0.25) is 0 Å². The highest BCUT2D eigenvalue weighted by molar-refractivity contribution is 7.89. The summed E-state index contributed by atoms with van der Waals surface area (Å²) in [5, 5.41) is 7.15. The number of nitrogens with zero attached hydrogens (tertiary/aromatic N) is 4. The Morgan fingerprint density at radius 2 is 1.82 bits per heavy atom. The van der Waals surface area contributed by atoms with Crippen LogP contribution >= 0.6 is 0 Å². The molecule has 1 aliphatic rings. The molecule has 1 aromatic carbocycles. The fourth-order valence-electron chi connectivity index (χ4n) is 4.29. The molecule has 1 fully saturated rings. The van der Waals surface area contributed by atoms with Crippen LogP contribution in [-0.2, 0) is 14.8 Å². The summed E-state index contributed by atoms with van der Waals surface area (Å²) in [5.41, 5.74) is 0.212. The predicted octanol–water partition coefficient (Wildman–Crippen LogP) is 2.53. The molecule has 1 atom stereocenters. The Morgan fingerprint density at radius 1 is 1.15 bits per heavy atom. The molecule has 34 heavy (non-hydrogen) atoms. The summed E-state index contributed by atoms with van der Waals surface area (Å²) in [6.45, 7) is 9.20. The number of benzene rings is 1. The van der Waals surface area contributed by atoms with Gasteiger partial charge in [0.25, 0.3) is 5.91 Å². The predicted molar refractivity (Wildman–Crippen MR) is 130 cm³/mol. The number of hydrogen-bond donors (Lipinski definition) is 1. The van der Waals surface area contributed by atoms with E-state index in [0.717, 1.165) is 12.8 Å². The van der Waals surface area contributed by atoms with Gasteiger partial charge in [-0.05, 0) is 43.0 Å². The van der Waals surface area contributed by atoms with Crippen LogP contribution in [0.15, 0.2) is 47.6 Å². The lowest BCUT2D eigenvalue weighted by atomic mass is 9.99. The Kier molecular flexibility index (Phi) is 8.48. The number of likely N-dealkylation sites (tertiary alicyclic amines) is 1. The van der Waals surface area contributed by atoms with Crippen LogP contribution in [0.25, 0.3) is 0 Å². The number of sulfonamides is 1. The number of amides is 2. The fraction of sp³-hybridized carbons (Fsp3) is 0.542. The number of nitrogens with one attached hydrogen (secondary N) is 1. The van der Waals surface area contributed by atoms with Gasteiger partial charge in [0.15, 0.2) is 0 Å². The van der Waals surface area contributed by atoms with Gasteiger partial charge in [0.1, 0.15) is 6.04 Å². The Bertz CT molecular complexity index is 1070. The second kappa shape index (κ2) is 11.1. The highest BCUT2D eigenvalue weighted by atomic mass is 32.2. The molecular weight excluding hydrogens is 454 g/mol. The van der Waals surface area contributed by atoms with E-state index in [9.17, 15) is 18.0 Å². The van der Waals surface area contributed by atoms with E-state index >= 15 is 0 Å². The summed E-state index contributed by atoms with van der Waals surface area (Å²) in [6.07, 6.45) is 5.30. The minimum absolute atomic E-state index is 0.0666. The lowest BCUT2D eigenvalue weighted by molar-refractivity contribution is -0.135. The van der Waals surface area contributed by atoms with Gasteiger partial charge in [-0.25, -0.2) is 8.42 Å². The highest BCUT2D eigenvalue weighted by Crippen LogP contribution is 2.23. The zero-order valence-electron chi connectivity index (χ0n) is 20.3. The molecule has 2 heterocycles. The number of piperidine rings is 1. The monoisotopic (exact) mass is 489 g/mol. The van der Waals surface area contributed by atoms with Gasteiger partial charge in [-0.1, -0.05) is 33.8 Å². The fourth-order valence-corrected chi connectivity index (χ4v) is 5.80. The van der Waals surface area contributed by atoms with Gasteiger partial charge in [0, 0.05) is 44.1 Å². The Hall–Kier alpha value is -2.72. The summed E-state index contributed by atoms with van der Waals surface area (Å²) in [7, 11) is -3.69. The van der Waals surface area contributed by atoms with Crippen molar-refractivity contribution in [3.63, 3.8) is 0 Å². The van der Waals surface area contributed by atoms with E-state index in [0.29, 0.717) is 26.2 Å². The minimum Gasteiger partial charge on any atom is -0.341 e. The van der Waals surface area contributed by atoms with E-state index in [1.807, 2.05) is 30.8 Å². The molecule has 1 aliphatic heterocycles. The summed E-state index contributed by atoms with van der Waals surface area (Å²) >= 11 is 0. The summed E-state index contributed by atoms with van der Waals surface area (Å²) in [6, 6.07) is 7.44. The quantitative estimate of drug-likeness (QED) is 0.583. The van der Waals surface area contributed by atoms with E-state index in [1.165, 1.54) is 16.4 Å². The van der Waals surface area contributed by atoms with E-state index in [-0.39, 0.29) is 28.3 Å². The molecule has 0 saturated carbocycles. The molecule has 1 saturated heterocycles. The van der Waals surface area contributed by atoms with Crippen LogP contribution in [-0.4, -0.2) is 71.4 Å². The second-order valence-electron chi connectivity index (χ2n) is 8.85. The number of rotatable bonds is 9. The van der Waals surface area contributed by atoms with Crippen molar-refractivity contribution < 1.29 is 18.0 Å². The van der Waals surface area contributed by atoms with Crippen molar-refractivity contribution in [1.29, 1.82) is 0 Å². The molecule has 3 rings (SSSR count). The topological polar surface area (TPSA) is 105 Å². The van der Waals surface area contributed by atoms with Crippen molar-refractivity contribution in [2.45, 2.75) is 57.5 Å². The van der Waals surface area contributed by atoms with E-state index in [1.54, 1.807) is 37.1 Å². The molecule has 0 aliphatic carbocycles. The van der Waals surface area contributed by atoms with Crippen LogP contribution in [0.4, 0.5) is 0 Å². The molecule has 0 bridgehead atoms. The Balaban J connectivity index is 1.70. The van der Waals surface area contributed by atoms with Gasteiger partial charge < -0.3 is 10.2 Å². The second-order valence-corrected chi connectivity index (χ2v) is 10.8. The number of carbonyl (C=O) groups is 2. The molecule has 9 nitrogen and oxygen atoms in total. The first-order valence-electron chi connectivity index (χ1n) is 11.9. The third kappa shape index (κ3) is 5.67. The van der Waals surface area contributed by atoms with E-state index < -0.39 is 22.0 Å². The lowest BCUT2D eigenvalue weighted by Crippen LogP contribution is -2.53. The zero-order valence-corrected chi connectivity index (χ0v) is 21.2. The largest absolute Gasteiger partial charge is 0.341 e. The SMILES string of the molecule is CCN(CC)S(=O)(=O)c1cccc(C(=O)N[C@@H](C(=O)N2CCC(n3cccn3)CC2)C(C)C)c1. The maximum atomic E-state index is 13.3. The average Bonchev–Trinajstić information content (AvgIpc) is 3.37. The van der Waals surface area contributed by atoms with Crippen LogP contribution in [0, 0.1) is 5.92 Å². The molecule has 186 valence electrons. The van der Waals surface area contributed by atoms with Gasteiger partial charge >= 0.3 is 0 Å². The molecule has 10 heteroatoms. The average molecular weight is 490 g/mol. The van der Waals surface area contributed by atoms with Crippen molar-refractivity contribution in [2.75, 3.05) is 26.2 Å². The van der Waals surface area contributed by atoms with E-state index in [4.69, 9.17) is 0 Å². The molecule has 1 N–H and O–H groups in total. The molecule has 0 radical (unpaired) electrons. The molecule has 2 aromatic rings. The highest BCUT2D eigenvalue weighted by Gasteiger charge is 2.32. The maximum Gasteiger partial charge on any atom is 0.251 e. The van der Waals surface area contributed by atoms with Crippen molar-refractivity contribution in [2.24, 2.45) is 5.92 Å². The number of carbonyl (C=O) groups excluding carboxylic acids is 2. The van der Waals surface area contributed by atoms with Gasteiger partial charge in [0.05, 0.1) is 10.9 Å². The first kappa shape index (κ1) is 25.9. The number of hydrogen-bond acceptors (Lipinski definition) is 5. The Labute approximate surface area is 202 Å². The van der Waals surface area contributed by atoms with Crippen LogP contribution in [0.3, 0.4) is 0 Å². The van der Waals surface area contributed by atoms with Crippen LogP contribution in [0.5, 0.6) is 0 Å². The summed E-state index contributed by atoms with van der Waals surface area (Å²) in [5.74, 6) is -0.702. The lowest BCUT2D eigenvalue weighted by Gasteiger charge is -2.35. The van der Waals surface area contributed by atoms with Crippen LogP contribution < -0.4 is 5.32 Å². The van der Waals surface area contributed by atoms with Crippen molar-refractivity contribution in [3.8, 4) is 0 Å². The maximum absolute atomic E-state index is 13.3. The summed E-state index contributed by atoms with van der Waals surface area (Å²) in [4.78, 5) is 28.2. The molecule has 0 unspecified atom stereocenters. The first-order valence-corrected chi connectivity index (χ1v) is 13.3. The third-order valence-electron chi connectivity index (χ3n) is 6.33. The Morgan fingerprint density at radius 3 is 2.38 bits per heavy atom. The number of aromatic nitrogens is 2. The normalized spacial score (nSPS) is 16.1. The summed E-state index contributed by atoms with van der Waals surface area (Å²) < 4.78 is 29.0. The molecule has 0 spiro atoms. The van der Waals surface area contributed by atoms with Crippen molar-refractivity contribution in [1.82, 2.24) is 24.3 Å².